The van der Waals surface area contributed by atoms with Crippen LogP contribution in [0, 0.1) is 5.82 Å². The minimum Gasteiger partial charge on any atom is -0.493 e. The summed E-state index contributed by atoms with van der Waals surface area (Å²) in [6.45, 7) is 3.85. The molecule has 2 aliphatic heterocycles. The Labute approximate surface area is 186 Å². The van der Waals surface area contributed by atoms with Crippen LogP contribution >= 0.6 is 11.8 Å². The van der Waals surface area contributed by atoms with Crippen LogP contribution in [0.25, 0.3) is 0 Å². The quantitative estimate of drug-likeness (QED) is 0.684. The van der Waals surface area contributed by atoms with E-state index in [0.29, 0.717) is 23.5 Å². The van der Waals surface area contributed by atoms with Crippen LogP contribution in [0.1, 0.15) is 11.1 Å². The van der Waals surface area contributed by atoms with Crippen LogP contribution in [0.15, 0.2) is 47.5 Å². The van der Waals surface area contributed by atoms with Gasteiger partial charge in [0.05, 0.1) is 12.4 Å². The van der Waals surface area contributed by atoms with Crippen molar-refractivity contribution < 1.29 is 18.7 Å². The van der Waals surface area contributed by atoms with Crippen LogP contribution in [-0.2, 0) is 17.8 Å². The van der Waals surface area contributed by atoms with Crippen molar-refractivity contribution in [1.82, 2.24) is 9.80 Å². The number of hydrogen-bond donors (Lipinski definition) is 0. The molecule has 0 bridgehead atoms. The Bertz CT molecular complexity index is 976. The fraction of sp³-hybridized carbons (Fsp3) is 0.391. The monoisotopic (exact) mass is 443 g/mol. The van der Waals surface area contributed by atoms with Gasteiger partial charge in [0.2, 0.25) is 0 Å². The Kier molecular flexibility index (Phi) is 6.77. The number of piperazine rings is 1. The first-order valence-electron chi connectivity index (χ1n) is 10.3. The Hall–Kier alpha value is -2.58. The topological polar surface area (TPSA) is 54.4 Å². The largest absolute Gasteiger partial charge is 0.493 e. The molecule has 2 aromatic rings. The summed E-state index contributed by atoms with van der Waals surface area (Å²) in [5, 5.41) is 0.601. The van der Waals surface area contributed by atoms with Gasteiger partial charge in [-0.1, -0.05) is 36.0 Å². The average Bonchev–Trinajstić information content (AvgIpc) is 3.14. The Balaban J connectivity index is 1.38. The number of amidine groups is 1. The predicted molar refractivity (Wildman–Crippen MR) is 120 cm³/mol. The standard InChI is InChI=1S/C23H26FN3O3S/c1-26-9-11-27(12-10-26)23-25-22(28)21(31-23)14-16-7-8-19(20(13-16)29-2)30-15-17-5-3-4-6-18(17)24/h3-8,13,21H,9-12,14-15H2,1-2H3. The second kappa shape index (κ2) is 9.70. The summed E-state index contributed by atoms with van der Waals surface area (Å²) in [6, 6.07) is 12.1. The van der Waals surface area contributed by atoms with E-state index >= 15 is 0 Å². The molecule has 1 amide bonds. The highest BCUT2D eigenvalue weighted by Gasteiger charge is 2.32. The Morgan fingerprint density at radius 3 is 2.65 bits per heavy atom. The maximum absolute atomic E-state index is 13.8. The van der Waals surface area contributed by atoms with E-state index < -0.39 is 0 Å². The first kappa shape index (κ1) is 21.6. The Morgan fingerprint density at radius 2 is 1.90 bits per heavy atom. The number of ether oxygens (including phenoxy) is 2. The van der Waals surface area contributed by atoms with Gasteiger partial charge in [-0.15, -0.1) is 0 Å². The van der Waals surface area contributed by atoms with Crippen molar-refractivity contribution in [2.75, 3.05) is 40.3 Å². The number of benzene rings is 2. The molecule has 4 rings (SSSR count). The molecule has 0 saturated carbocycles. The van der Waals surface area contributed by atoms with Gasteiger partial charge in [-0.2, -0.15) is 4.99 Å². The number of amides is 1. The lowest BCUT2D eigenvalue weighted by Crippen LogP contribution is -2.46. The molecular formula is C23H26FN3O3S. The summed E-state index contributed by atoms with van der Waals surface area (Å²) < 4.78 is 25.1. The SMILES string of the molecule is COc1cc(CC2SC(N3CCN(C)CC3)=NC2=O)ccc1OCc1ccccc1F. The summed E-state index contributed by atoms with van der Waals surface area (Å²) in [6.07, 6.45) is 0.564. The van der Waals surface area contributed by atoms with Crippen molar-refractivity contribution in [3.63, 3.8) is 0 Å². The average molecular weight is 444 g/mol. The van der Waals surface area contributed by atoms with Gasteiger partial charge in [0.1, 0.15) is 12.4 Å². The van der Waals surface area contributed by atoms with Crippen LogP contribution in [-0.4, -0.2) is 66.5 Å². The zero-order valence-corrected chi connectivity index (χ0v) is 18.5. The van der Waals surface area contributed by atoms with Crippen molar-refractivity contribution in [2.45, 2.75) is 18.3 Å². The molecule has 1 atom stereocenters. The van der Waals surface area contributed by atoms with Crippen LogP contribution < -0.4 is 9.47 Å². The first-order chi connectivity index (χ1) is 15.0. The van der Waals surface area contributed by atoms with Crippen LogP contribution in [0.2, 0.25) is 0 Å². The Morgan fingerprint density at radius 1 is 1.13 bits per heavy atom. The molecular weight excluding hydrogens is 417 g/mol. The highest BCUT2D eigenvalue weighted by Crippen LogP contribution is 2.33. The highest BCUT2D eigenvalue weighted by atomic mass is 32.2. The van der Waals surface area contributed by atoms with Crippen molar-refractivity contribution in [3.05, 3.63) is 59.4 Å². The van der Waals surface area contributed by atoms with E-state index in [1.165, 1.54) is 6.07 Å². The van der Waals surface area contributed by atoms with Gasteiger partial charge in [-0.25, -0.2) is 4.39 Å². The maximum atomic E-state index is 13.8. The second-order valence-corrected chi connectivity index (χ2v) is 8.87. The van der Waals surface area contributed by atoms with Gasteiger partial charge < -0.3 is 19.3 Å². The molecule has 2 aromatic carbocycles. The third-order valence-electron chi connectivity index (χ3n) is 5.49. The molecule has 31 heavy (non-hydrogen) atoms. The number of likely N-dealkylation sites (N-methyl/N-ethyl adjacent to an activating group) is 1. The predicted octanol–water partition coefficient (Wildman–Crippen LogP) is 3.20. The number of halogens is 1. The number of carbonyl (C=O) groups is 1. The third-order valence-corrected chi connectivity index (χ3v) is 6.71. The van der Waals surface area contributed by atoms with Crippen molar-refractivity contribution >= 4 is 22.8 Å². The molecule has 0 aromatic heterocycles. The van der Waals surface area contributed by atoms with E-state index in [1.807, 2.05) is 12.1 Å². The van der Waals surface area contributed by atoms with E-state index in [0.717, 1.165) is 36.9 Å². The molecule has 164 valence electrons. The molecule has 1 saturated heterocycles. The zero-order valence-electron chi connectivity index (χ0n) is 17.7. The highest BCUT2D eigenvalue weighted by molar-refractivity contribution is 8.15. The second-order valence-electron chi connectivity index (χ2n) is 7.70. The lowest BCUT2D eigenvalue weighted by molar-refractivity contribution is -0.117. The summed E-state index contributed by atoms with van der Waals surface area (Å²) in [5.74, 6) is 0.711. The lowest BCUT2D eigenvalue weighted by atomic mass is 10.1. The molecule has 2 heterocycles. The number of aliphatic imine (C=N–C) groups is 1. The first-order valence-corrected chi connectivity index (χ1v) is 11.2. The van der Waals surface area contributed by atoms with Gasteiger partial charge in [-0.05, 0) is 37.2 Å². The van der Waals surface area contributed by atoms with Gasteiger partial charge in [-0.3, -0.25) is 4.79 Å². The van der Waals surface area contributed by atoms with Gasteiger partial charge in [0.15, 0.2) is 16.7 Å². The van der Waals surface area contributed by atoms with Crippen LogP contribution in [0.3, 0.4) is 0 Å². The van der Waals surface area contributed by atoms with E-state index in [-0.39, 0.29) is 23.6 Å². The number of carbonyl (C=O) groups excluding carboxylic acids is 1. The number of rotatable bonds is 6. The van der Waals surface area contributed by atoms with E-state index in [1.54, 1.807) is 43.1 Å². The molecule has 0 radical (unpaired) electrons. The fourth-order valence-electron chi connectivity index (χ4n) is 3.59. The summed E-state index contributed by atoms with van der Waals surface area (Å²) in [4.78, 5) is 21.2. The maximum Gasteiger partial charge on any atom is 0.262 e. The van der Waals surface area contributed by atoms with Gasteiger partial charge in [0.25, 0.3) is 5.91 Å². The number of methoxy groups -OCH3 is 1. The van der Waals surface area contributed by atoms with Crippen LogP contribution in [0.5, 0.6) is 11.5 Å². The van der Waals surface area contributed by atoms with E-state index in [9.17, 15) is 9.18 Å². The van der Waals surface area contributed by atoms with Gasteiger partial charge >= 0.3 is 0 Å². The fourth-order valence-corrected chi connectivity index (χ4v) is 4.74. The molecule has 6 nitrogen and oxygen atoms in total. The smallest absolute Gasteiger partial charge is 0.262 e. The third kappa shape index (κ3) is 5.19. The van der Waals surface area contributed by atoms with Crippen LogP contribution in [0.4, 0.5) is 4.39 Å². The molecule has 2 aliphatic rings. The van der Waals surface area contributed by atoms with Crippen molar-refractivity contribution in [2.24, 2.45) is 4.99 Å². The number of nitrogens with zero attached hydrogens (tertiary/aromatic N) is 3. The number of thioether (sulfide) groups is 1. The zero-order chi connectivity index (χ0) is 21.8. The molecule has 0 N–H and O–H groups in total. The minimum atomic E-state index is -0.300. The molecule has 1 unspecified atom stereocenters. The van der Waals surface area contributed by atoms with Gasteiger partial charge in [0, 0.05) is 31.7 Å². The number of hydrogen-bond acceptors (Lipinski definition) is 6. The molecule has 8 heteroatoms. The minimum absolute atomic E-state index is 0.0854. The van der Waals surface area contributed by atoms with Crippen molar-refractivity contribution in [3.8, 4) is 11.5 Å². The normalized spacial score (nSPS) is 19.5. The van der Waals surface area contributed by atoms with E-state index in [4.69, 9.17) is 9.47 Å². The molecule has 0 aliphatic carbocycles. The molecule has 1 fully saturated rings. The summed E-state index contributed by atoms with van der Waals surface area (Å²) in [5.41, 5.74) is 1.45. The van der Waals surface area contributed by atoms with Crippen molar-refractivity contribution in [1.29, 1.82) is 0 Å². The van der Waals surface area contributed by atoms with E-state index in [2.05, 4.69) is 21.8 Å². The summed E-state index contributed by atoms with van der Waals surface area (Å²) in [7, 11) is 3.67. The lowest BCUT2D eigenvalue weighted by Gasteiger charge is -2.33. The molecule has 0 spiro atoms. The summed E-state index contributed by atoms with van der Waals surface area (Å²) >= 11 is 1.54.